The fourth-order valence-corrected chi connectivity index (χ4v) is 4.13. The van der Waals surface area contributed by atoms with Crippen molar-refractivity contribution < 1.29 is 24.4 Å². The standard InChI is InChI=1S/C24H26ClN3O6/c1-4-34-19-10-9-16(14-18(19)25)22(29)20-21(15-7-5-8-17(13-15)28(32)33)27(24(31)23(20)30)12-6-11-26(2)3/h5,7-10,13-14,21,29H,4,6,11-12H2,1-3H3/b22-20+/t21-/m1/s1. The number of hydrogen-bond donors (Lipinski definition) is 1. The van der Waals surface area contributed by atoms with E-state index >= 15 is 0 Å². The predicted octanol–water partition coefficient (Wildman–Crippen LogP) is 4.02. The molecular weight excluding hydrogens is 462 g/mol. The highest BCUT2D eigenvalue weighted by molar-refractivity contribution is 6.46. The number of ether oxygens (including phenoxy) is 1. The van der Waals surface area contributed by atoms with Crippen LogP contribution >= 0.6 is 11.6 Å². The van der Waals surface area contributed by atoms with Crippen LogP contribution in [-0.4, -0.2) is 65.3 Å². The van der Waals surface area contributed by atoms with Crippen LogP contribution in [0.1, 0.15) is 30.5 Å². The van der Waals surface area contributed by atoms with Crippen LogP contribution < -0.4 is 4.74 Å². The van der Waals surface area contributed by atoms with Crippen molar-refractivity contribution >= 4 is 34.7 Å². The van der Waals surface area contributed by atoms with Gasteiger partial charge >= 0.3 is 0 Å². The maximum absolute atomic E-state index is 13.1. The van der Waals surface area contributed by atoms with E-state index in [-0.39, 0.29) is 28.4 Å². The highest BCUT2D eigenvalue weighted by atomic mass is 35.5. The summed E-state index contributed by atoms with van der Waals surface area (Å²) in [5.41, 5.74) is 0.267. The molecule has 1 N–H and O–H groups in total. The molecule has 0 unspecified atom stereocenters. The van der Waals surface area contributed by atoms with Crippen LogP contribution in [0.25, 0.3) is 5.76 Å². The van der Waals surface area contributed by atoms with E-state index in [0.717, 1.165) is 0 Å². The summed E-state index contributed by atoms with van der Waals surface area (Å²) in [6.45, 7) is 3.10. The molecule has 0 spiro atoms. The lowest BCUT2D eigenvalue weighted by molar-refractivity contribution is -0.384. The molecule has 0 bridgehead atoms. The Hall–Kier alpha value is -3.43. The number of amides is 1. The lowest BCUT2D eigenvalue weighted by Crippen LogP contribution is -2.32. The smallest absolute Gasteiger partial charge is 0.295 e. The largest absolute Gasteiger partial charge is 0.507 e. The van der Waals surface area contributed by atoms with Crippen LogP contribution in [0.15, 0.2) is 48.0 Å². The maximum Gasteiger partial charge on any atom is 0.295 e. The number of hydrogen-bond acceptors (Lipinski definition) is 7. The normalized spacial score (nSPS) is 17.4. The Morgan fingerprint density at radius 2 is 1.97 bits per heavy atom. The molecule has 9 nitrogen and oxygen atoms in total. The second kappa shape index (κ2) is 10.7. The molecule has 10 heteroatoms. The lowest BCUT2D eigenvalue weighted by Gasteiger charge is -2.25. The van der Waals surface area contributed by atoms with Gasteiger partial charge in [0, 0.05) is 24.2 Å². The van der Waals surface area contributed by atoms with Gasteiger partial charge in [-0.3, -0.25) is 19.7 Å². The highest BCUT2D eigenvalue weighted by Crippen LogP contribution is 2.41. The van der Waals surface area contributed by atoms with Crippen molar-refractivity contribution in [2.75, 3.05) is 33.8 Å². The molecule has 34 heavy (non-hydrogen) atoms. The molecule has 180 valence electrons. The second-order valence-corrected chi connectivity index (χ2v) is 8.49. The second-order valence-electron chi connectivity index (χ2n) is 8.08. The van der Waals surface area contributed by atoms with Gasteiger partial charge in [-0.25, -0.2) is 0 Å². The van der Waals surface area contributed by atoms with E-state index in [0.29, 0.717) is 30.9 Å². The molecular formula is C24H26ClN3O6. The lowest BCUT2D eigenvalue weighted by atomic mass is 9.95. The van der Waals surface area contributed by atoms with Crippen molar-refractivity contribution in [3.63, 3.8) is 0 Å². The minimum atomic E-state index is -0.979. The van der Waals surface area contributed by atoms with Crippen LogP contribution in [0.2, 0.25) is 5.02 Å². The Kier molecular flexibility index (Phi) is 7.90. The van der Waals surface area contributed by atoms with Gasteiger partial charge in [0.25, 0.3) is 17.4 Å². The summed E-state index contributed by atoms with van der Waals surface area (Å²) < 4.78 is 5.41. The van der Waals surface area contributed by atoms with Crippen molar-refractivity contribution in [3.8, 4) is 5.75 Å². The number of nitrogens with zero attached hydrogens (tertiary/aromatic N) is 3. The van der Waals surface area contributed by atoms with Gasteiger partial charge in [0.1, 0.15) is 11.5 Å². The van der Waals surface area contributed by atoms with Gasteiger partial charge in [0.2, 0.25) is 0 Å². The van der Waals surface area contributed by atoms with Gasteiger partial charge in [-0.1, -0.05) is 23.7 Å². The number of carbonyl (C=O) groups is 2. The Labute approximate surface area is 202 Å². The number of aliphatic hydroxyl groups excluding tert-OH is 1. The zero-order chi connectivity index (χ0) is 25.0. The molecule has 0 radical (unpaired) electrons. The topological polar surface area (TPSA) is 113 Å². The first-order valence-electron chi connectivity index (χ1n) is 10.8. The van der Waals surface area contributed by atoms with Crippen molar-refractivity contribution in [3.05, 3.63) is 74.3 Å². The molecule has 1 fully saturated rings. The molecule has 1 amide bonds. The van der Waals surface area contributed by atoms with Gasteiger partial charge in [0.15, 0.2) is 0 Å². The summed E-state index contributed by atoms with van der Waals surface area (Å²) in [5, 5.41) is 22.7. The monoisotopic (exact) mass is 487 g/mol. The van der Waals surface area contributed by atoms with Crippen molar-refractivity contribution in [1.82, 2.24) is 9.80 Å². The molecule has 2 aromatic rings. The van der Waals surface area contributed by atoms with Crippen molar-refractivity contribution in [1.29, 1.82) is 0 Å². The quantitative estimate of drug-likeness (QED) is 0.187. The van der Waals surface area contributed by atoms with Crippen LogP contribution in [0.5, 0.6) is 5.75 Å². The number of halogens is 1. The van der Waals surface area contributed by atoms with Gasteiger partial charge in [-0.05, 0) is 57.7 Å². The van der Waals surface area contributed by atoms with Crippen LogP contribution in [-0.2, 0) is 9.59 Å². The summed E-state index contributed by atoms with van der Waals surface area (Å²) in [7, 11) is 3.78. The Morgan fingerprint density at radius 1 is 1.24 bits per heavy atom. The van der Waals surface area contributed by atoms with E-state index in [1.807, 2.05) is 19.0 Å². The first-order valence-corrected chi connectivity index (χ1v) is 11.1. The first kappa shape index (κ1) is 25.2. The van der Waals surface area contributed by atoms with E-state index in [2.05, 4.69) is 0 Å². The number of carbonyl (C=O) groups excluding carboxylic acids is 2. The van der Waals surface area contributed by atoms with Crippen LogP contribution in [0.3, 0.4) is 0 Å². The number of non-ortho nitro benzene ring substituents is 1. The molecule has 0 saturated carbocycles. The van der Waals surface area contributed by atoms with Crippen molar-refractivity contribution in [2.24, 2.45) is 0 Å². The van der Waals surface area contributed by atoms with Crippen LogP contribution in [0, 0.1) is 10.1 Å². The first-order chi connectivity index (χ1) is 16.1. The summed E-state index contributed by atoms with van der Waals surface area (Å²) in [6.07, 6.45) is 0.570. The van der Waals surface area contributed by atoms with Crippen molar-refractivity contribution in [2.45, 2.75) is 19.4 Å². The average Bonchev–Trinajstić information content (AvgIpc) is 3.05. The Balaban J connectivity index is 2.13. The number of benzene rings is 2. The molecule has 1 atom stereocenters. The summed E-state index contributed by atoms with van der Waals surface area (Å²) in [4.78, 5) is 40.1. The third-order valence-electron chi connectivity index (χ3n) is 5.45. The predicted molar refractivity (Wildman–Crippen MR) is 128 cm³/mol. The molecule has 3 rings (SSSR count). The fraction of sp³-hybridized carbons (Fsp3) is 0.333. The Bertz CT molecular complexity index is 1150. The van der Waals surface area contributed by atoms with E-state index in [1.54, 1.807) is 19.1 Å². The Morgan fingerprint density at radius 3 is 2.59 bits per heavy atom. The van der Waals surface area contributed by atoms with E-state index in [9.17, 15) is 24.8 Å². The summed E-state index contributed by atoms with van der Waals surface area (Å²) in [6, 6.07) is 9.30. The van der Waals surface area contributed by atoms with Crippen LogP contribution in [0.4, 0.5) is 5.69 Å². The SMILES string of the molecule is CCOc1ccc(/C(O)=C2\C(=O)C(=O)N(CCCN(C)C)[C@@H]2c2cccc([N+](=O)[O-])c2)cc1Cl. The number of aliphatic hydroxyl groups is 1. The maximum atomic E-state index is 13.1. The molecule has 0 aromatic heterocycles. The number of likely N-dealkylation sites (tertiary alicyclic amines) is 1. The van der Waals surface area contributed by atoms with E-state index in [1.165, 1.54) is 35.2 Å². The summed E-state index contributed by atoms with van der Waals surface area (Å²) in [5.74, 6) is -1.62. The van der Waals surface area contributed by atoms with E-state index in [4.69, 9.17) is 16.3 Å². The molecule has 1 aliphatic rings. The number of nitro groups is 1. The molecule has 1 aliphatic heterocycles. The zero-order valence-electron chi connectivity index (χ0n) is 19.2. The highest BCUT2D eigenvalue weighted by Gasteiger charge is 2.46. The fourth-order valence-electron chi connectivity index (χ4n) is 3.90. The molecule has 1 saturated heterocycles. The number of Topliss-reactive ketones (excluding diaryl/α,β-unsaturated/α-hetero) is 1. The summed E-state index contributed by atoms with van der Waals surface area (Å²) >= 11 is 6.26. The average molecular weight is 488 g/mol. The minimum absolute atomic E-state index is 0.143. The zero-order valence-corrected chi connectivity index (χ0v) is 19.9. The molecule has 0 aliphatic carbocycles. The third kappa shape index (κ3) is 5.21. The number of ketones is 1. The van der Waals surface area contributed by atoms with Gasteiger partial charge in [0.05, 0.1) is 28.2 Å². The van der Waals surface area contributed by atoms with Gasteiger partial charge in [-0.2, -0.15) is 0 Å². The van der Waals surface area contributed by atoms with E-state index < -0.39 is 28.4 Å². The number of nitro benzene ring substituents is 1. The molecule has 2 aromatic carbocycles. The van der Waals surface area contributed by atoms with Gasteiger partial charge < -0.3 is 19.6 Å². The number of rotatable bonds is 9. The van der Waals surface area contributed by atoms with Gasteiger partial charge in [-0.15, -0.1) is 0 Å². The third-order valence-corrected chi connectivity index (χ3v) is 5.74. The minimum Gasteiger partial charge on any atom is -0.507 e. The molecule has 1 heterocycles.